The number of hydrogen-bond donors (Lipinski definition) is 6. The molecule has 7 N–H and O–H groups in total. The van der Waals surface area contributed by atoms with E-state index in [1.165, 1.54) is 24.3 Å². The van der Waals surface area contributed by atoms with Gasteiger partial charge in [0.25, 0.3) is 5.69 Å². The average molecular weight is 812 g/mol. The van der Waals surface area contributed by atoms with Crippen LogP contribution in [0.4, 0.5) is 25.8 Å². The number of nitrogens with one attached hydrogen (secondary N) is 5. The molecule has 0 fully saturated rings. The van der Waals surface area contributed by atoms with E-state index in [1.54, 1.807) is 38.1 Å². The van der Waals surface area contributed by atoms with Crippen LogP contribution in [0.3, 0.4) is 0 Å². The molecule has 0 radical (unpaired) electrons. The second-order valence-corrected chi connectivity index (χ2v) is 13.7. The molecule has 0 aliphatic heterocycles. The topological polar surface area (TPSA) is 269 Å². The van der Waals surface area contributed by atoms with Gasteiger partial charge in [-0.15, -0.1) is 0 Å². The van der Waals surface area contributed by atoms with Crippen molar-refractivity contribution in [3.8, 4) is 5.75 Å². The Morgan fingerprint density at radius 1 is 0.879 bits per heavy atom. The summed E-state index contributed by atoms with van der Waals surface area (Å²) in [4.78, 5) is 85.3. The van der Waals surface area contributed by atoms with Crippen LogP contribution >= 0.6 is 0 Å². The minimum absolute atomic E-state index is 0.0407. The summed E-state index contributed by atoms with van der Waals surface area (Å²) in [5, 5.41) is 24.0. The number of nitro groups is 1. The second-order valence-electron chi connectivity index (χ2n) is 13.7. The van der Waals surface area contributed by atoms with Gasteiger partial charge < -0.3 is 51.3 Å². The molecule has 3 rings (SSSR count). The number of hydrogen-bond acceptors (Lipinski definition) is 12. The number of carbonyl (C=O) groups is 6. The largest absolute Gasteiger partial charge is 0.514 e. The first kappa shape index (κ1) is 46.1. The van der Waals surface area contributed by atoms with Crippen LogP contribution in [0.25, 0.3) is 0 Å². The summed E-state index contributed by atoms with van der Waals surface area (Å²) in [6, 6.07) is 8.41. The molecule has 1 aliphatic rings. The molecule has 0 bridgehead atoms. The molecule has 0 saturated heterocycles. The molecule has 19 heteroatoms. The van der Waals surface area contributed by atoms with Crippen molar-refractivity contribution < 1.29 is 52.6 Å². The number of anilines is 1. The van der Waals surface area contributed by atoms with E-state index in [0.29, 0.717) is 11.3 Å². The zero-order valence-corrected chi connectivity index (χ0v) is 32.7. The lowest BCUT2D eigenvalue weighted by Gasteiger charge is -2.25. The normalized spacial score (nSPS) is 15.3. The SMILES string of the molecule is CC(C)[C@@H](NC(=O)CCOCCNC(=O)OC1CC/C=C\CCC1)C(=O)N[C@@H](CCCNC(N)=O)C(=O)Nc1ccc(COC(=O)Oc2ccc([N+](=O)[O-])cc2)cc1. The van der Waals surface area contributed by atoms with Gasteiger partial charge in [0, 0.05) is 37.3 Å². The van der Waals surface area contributed by atoms with E-state index in [9.17, 15) is 38.9 Å². The first-order valence-corrected chi connectivity index (χ1v) is 19.1. The molecule has 2 aromatic carbocycles. The Balaban J connectivity index is 1.46. The van der Waals surface area contributed by atoms with Crippen LogP contribution in [0.1, 0.15) is 70.8 Å². The molecule has 19 nitrogen and oxygen atoms in total. The molecule has 1 aliphatic carbocycles. The number of amides is 6. The Kier molecular flexibility index (Phi) is 20.0. The predicted octanol–water partition coefficient (Wildman–Crippen LogP) is 4.34. The van der Waals surface area contributed by atoms with Gasteiger partial charge in [0.1, 0.15) is 30.5 Å². The van der Waals surface area contributed by atoms with E-state index in [1.807, 2.05) is 0 Å². The van der Waals surface area contributed by atoms with Crippen molar-refractivity contribution in [1.82, 2.24) is 21.3 Å². The zero-order valence-electron chi connectivity index (χ0n) is 32.7. The molecule has 0 aromatic heterocycles. The molecule has 1 unspecified atom stereocenters. The summed E-state index contributed by atoms with van der Waals surface area (Å²) in [6.45, 7) is 3.85. The van der Waals surface area contributed by atoms with Crippen molar-refractivity contribution in [3.63, 3.8) is 0 Å². The van der Waals surface area contributed by atoms with Crippen molar-refractivity contribution in [2.75, 3.05) is 31.6 Å². The summed E-state index contributed by atoms with van der Waals surface area (Å²) >= 11 is 0. The molecule has 6 amide bonds. The fourth-order valence-electron chi connectivity index (χ4n) is 5.57. The van der Waals surface area contributed by atoms with Crippen molar-refractivity contribution in [3.05, 3.63) is 76.4 Å². The average Bonchev–Trinajstić information content (AvgIpc) is 3.17. The van der Waals surface area contributed by atoms with Gasteiger partial charge in [-0.3, -0.25) is 24.5 Å². The summed E-state index contributed by atoms with van der Waals surface area (Å²) in [7, 11) is 0. The summed E-state index contributed by atoms with van der Waals surface area (Å²) in [6.07, 6.45) is 7.31. The lowest BCUT2D eigenvalue weighted by atomic mass is 10.0. The highest BCUT2D eigenvalue weighted by Crippen LogP contribution is 2.19. The smallest absolute Gasteiger partial charge is 0.446 e. The third-order valence-electron chi connectivity index (χ3n) is 8.68. The van der Waals surface area contributed by atoms with Crippen LogP contribution in [-0.4, -0.2) is 85.4 Å². The quantitative estimate of drug-likeness (QED) is 0.0257. The zero-order chi connectivity index (χ0) is 42.3. The van der Waals surface area contributed by atoms with E-state index in [2.05, 4.69) is 38.7 Å². The van der Waals surface area contributed by atoms with Crippen LogP contribution in [0, 0.1) is 16.0 Å². The Hall–Kier alpha value is -6.24. The van der Waals surface area contributed by atoms with Crippen molar-refractivity contribution in [2.24, 2.45) is 11.7 Å². The maximum atomic E-state index is 13.5. The lowest BCUT2D eigenvalue weighted by Crippen LogP contribution is -2.54. The number of nitrogens with two attached hydrogens (primary N) is 1. The van der Waals surface area contributed by atoms with Crippen molar-refractivity contribution in [2.45, 2.75) is 90.0 Å². The van der Waals surface area contributed by atoms with Crippen molar-refractivity contribution >= 4 is 47.4 Å². The van der Waals surface area contributed by atoms with E-state index < -0.39 is 53.0 Å². The maximum Gasteiger partial charge on any atom is 0.514 e. The number of allylic oxidation sites excluding steroid dienone is 2. The molecule has 0 spiro atoms. The third kappa shape index (κ3) is 18.1. The number of ether oxygens (including phenoxy) is 4. The van der Waals surface area contributed by atoms with Gasteiger partial charge in [-0.25, -0.2) is 14.4 Å². The lowest BCUT2D eigenvalue weighted by molar-refractivity contribution is -0.384. The molecular weight excluding hydrogens is 758 g/mol. The highest BCUT2D eigenvalue weighted by Gasteiger charge is 2.29. The molecular formula is C39H53N7O12. The number of non-ortho nitro benzene ring substituents is 1. The van der Waals surface area contributed by atoms with E-state index >= 15 is 0 Å². The maximum absolute atomic E-state index is 13.5. The Bertz CT molecular complexity index is 1700. The number of urea groups is 1. The van der Waals surface area contributed by atoms with E-state index in [-0.39, 0.29) is 75.6 Å². The first-order chi connectivity index (χ1) is 27.8. The van der Waals surface area contributed by atoms with Gasteiger partial charge in [-0.1, -0.05) is 38.1 Å². The van der Waals surface area contributed by atoms with Gasteiger partial charge in [-0.2, -0.15) is 0 Å². The van der Waals surface area contributed by atoms with E-state index in [0.717, 1.165) is 32.1 Å². The second kappa shape index (κ2) is 25.1. The van der Waals surface area contributed by atoms with Gasteiger partial charge in [0.05, 0.1) is 18.1 Å². The van der Waals surface area contributed by atoms with Crippen LogP contribution in [-0.2, 0) is 35.2 Å². The van der Waals surface area contributed by atoms with Crippen LogP contribution < -0.4 is 37.1 Å². The number of nitro benzene ring substituents is 1. The molecule has 316 valence electrons. The molecule has 2 aromatic rings. The minimum atomic E-state index is -1.07. The number of carbonyl (C=O) groups excluding carboxylic acids is 6. The number of primary amides is 1. The number of alkyl carbamates (subject to hydrolysis) is 1. The summed E-state index contributed by atoms with van der Waals surface area (Å²) in [5.41, 5.74) is 5.91. The Morgan fingerprint density at radius 2 is 1.60 bits per heavy atom. The van der Waals surface area contributed by atoms with Gasteiger partial charge in [0.2, 0.25) is 17.7 Å². The highest BCUT2D eigenvalue weighted by atomic mass is 16.7. The Labute approximate surface area is 336 Å². The molecule has 0 saturated carbocycles. The minimum Gasteiger partial charge on any atom is -0.446 e. The van der Waals surface area contributed by atoms with E-state index in [4.69, 9.17) is 24.7 Å². The number of rotatable bonds is 21. The predicted molar refractivity (Wildman–Crippen MR) is 210 cm³/mol. The molecule has 3 atom stereocenters. The Morgan fingerprint density at radius 3 is 2.29 bits per heavy atom. The molecule has 58 heavy (non-hydrogen) atoms. The van der Waals surface area contributed by atoms with Crippen LogP contribution in [0.5, 0.6) is 5.75 Å². The van der Waals surface area contributed by atoms with Gasteiger partial charge in [0.15, 0.2) is 0 Å². The number of benzene rings is 2. The fourth-order valence-corrected chi connectivity index (χ4v) is 5.57. The highest BCUT2D eigenvalue weighted by molar-refractivity contribution is 5.98. The third-order valence-corrected chi connectivity index (χ3v) is 8.68. The number of nitrogens with zero attached hydrogens (tertiary/aromatic N) is 1. The monoisotopic (exact) mass is 811 g/mol. The van der Waals surface area contributed by atoms with Crippen molar-refractivity contribution in [1.29, 1.82) is 0 Å². The van der Waals surface area contributed by atoms with Gasteiger partial charge in [-0.05, 0) is 80.7 Å². The van der Waals surface area contributed by atoms with Crippen LogP contribution in [0.2, 0.25) is 0 Å². The first-order valence-electron chi connectivity index (χ1n) is 19.1. The fraction of sp³-hybridized carbons (Fsp3) is 0.487. The van der Waals surface area contributed by atoms with Crippen LogP contribution in [0.15, 0.2) is 60.7 Å². The summed E-state index contributed by atoms with van der Waals surface area (Å²) < 4.78 is 21.1. The van der Waals surface area contributed by atoms with Gasteiger partial charge >= 0.3 is 18.3 Å². The summed E-state index contributed by atoms with van der Waals surface area (Å²) in [5.74, 6) is -1.90. The molecule has 0 heterocycles. The standard InChI is InChI=1S/C39H53N7O12/c1-26(2)34(45-33(47)20-23-55-24-22-42-38(51)57-30-9-6-4-3-5-7-10-30)36(49)44-32(11-8-21-41-37(40)50)35(48)43-28-14-12-27(13-15-28)25-56-39(52)58-31-18-16-29(17-19-31)46(53)54/h3-4,12-19,26,30,32,34H,5-11,20-25H2,1-2H3,(H,42,51)(H,43,48)(H,44,49)(H,45,47)(H3,40,41,50)/b4-3-/t30?,32-,34+/m0/s1.